The number of piperidine rings is 1. The Morgan fingerprint density at radius 1 is 1.19 bits per heavy atom. The van der Waals surface area contributed by atoms with E-state index in [4.69, 9.17) is 11.5 Å². The minimum atomic E-state index is 0. The topological polar surface area (TPSA) is 93.1 Å². The molecule has 2 heterocycles. The maximum absolute atomic E-state index is 5.63. The number of nitrogen functional groups attached to an aromatic ring is 1. The molecular formula is C13H26Cl2N6. The highest BCUT2D eigenvalue weighted by atomic mass is 35.5. The number of hydrogen-bond donors (Lipinski definition) is 3. The molecule has 0 radical (unpaired) electrons. The standard InChI is InChI=1S/C13H24N6.2ClH/c14-5-4-11-10-17-13(15)18-12(11)16-6-9-19-7-2-1-3-8-19;;/h10H,1-9,14H2,(H3,15,16,17,18);2*1H. The SMILES string of the molecule is Cl.Cl.NCCc1cnc(N)nc1NCCN1CCCCC1. The molecule has 0 aromatic carbocycles. The summed E-state index contributed by atoms with van der Waals surface area (Å²) in [6.45, 7) is 4.95. The van der Waals surface area contributed by atoms with Crippen LogP contribution in [0, 0.1) is 0 Å². The molecule has 1 aromatic rings. The molecule has 0 saturated carbocycles. The normalized spacial score (nSPS) is 14.9. The number of hydrogen-bond acceptors (Lipinski definition) is 6. The molecule has 1 saturated heterocycles. The molecular weight excluding hydrogens is 311 g/mol. The van der Waals surface area contributed by atoms with Crippen LogP contribution < -0.4 is 16.8 Å². The zero-order chi connectivity index (χ0) is 13.5. The van der Waals surface area contributed by atoms with Gasteiger partial charge >= 0.3 is 0 Å². The van der Waals surface area contributed by atoms with E-state index in [1.165, 1.54) is 32.4 Å². The Bertz CT molecular complexity index is 398. The lowest BCUT2D eigenvalue weighted by Gasteiger charge is -2.26. The average molecular weight is 337 g/mol. The molecule has 0 unspecified atom stereocenters. The van der Waals surface area contributed by atoms with E-state index in [9.17, 15) is 0 Å². The lowest BCUT2D eigenvalue weighted by atomic mass is 10.1. The van der Waals surface area contributed by atoms with Crippen molar-refractivity contribution in [3.63, 3.8) is 0 Å². The van der Waals surface area contributed by atoms with Gasteiger partial charge < -0.3 is 21.7 Å². The van der Waals surface area contributed by atoms with Crippen molar-refractivity contribution >= 4 is 36.6 Å². The van der Waals surface area contributed by atoms with Crippen LogP contribution in [-0.2, 0) is 6.42 Å². The molecule has 8 heteroatoms. The first-order valence-corrected chi connectivity index (χ1v) is 7.07. The zero-order valence-electron chi connectivity index (χ0n) is 12.3. The van der Waals surface area contributed by atoms with E-state index in [0.717, 1.165) is 30.9 Å². The van der Waals surface area contributed by atoms with E-state index in [0.29, 0.717) is 12.5 Å². The third-order valence-electron chi connectivity index (χ3n) is 3.47. The number of likely N-dealkylation sites (tertiary alicyclic amines) is 1. The summed E-state index contributed by atoms with van der Waals surface area (Å²) >= 11 is 0. The first-order valence-electron chi connectivity index (χ1n) is 7.07. The largest absolute Gasteiger partial charge is 0.368 e. The van der Waals surface area contributed by atoms with Crippen LogP contribution in [-0.4, -0.2) is 47.6 Å². The van der Waals surface area contributed by atoms with Crippen molar-refractivity contribution < 1.29 is 0 Å². The Morgan fingerprint density at radius 3 is 2.57 bits per heavy atom. The molecule has 1 fully saturated rings. The molecule has 0 spiro atoms. The van der Waals surface area contributed by atoms with Gasteiger partial charge in [-0.1, -0.05) is 6.42 Å². The van der Waals surface area contributed by atoms with Crippen LogP contribution in [0.5, 0.6) is 0 Å². The van der Waals surface area contributed by atoms with Gasteiger partial charge in [-0.25, -0.2) is 4.98 Å². The van der Waals surface area contributed by atoms with Crippen molar-refractivity contribution in [2.24, 2.45) is 5.73 Å². The van der Waals surface area contributed by atoms with Gasteiger partial charge in [0.1, 0.15) is 5.82 Å². The van der Waals surface area contributed by atoms with E-state index in [-0.39, 0.29) is 24.8 Å². The monoisotopic (exact) mass is 336 g/mol. The predicted octanol–water partition coefficient (Wildman–Crippen LogP) is 1.30. The first kappa shape index (κ1) is 20.2. The fourth-order valence-corrected chi connectivity index (χ4v) is 2.43. The maximum Gasteiger partial charge on any atom is 0.221 e. The van der Waals surface area contributed by atoms with Crippen molar-refractivity contribution in [1.82, 2.24) is 14.9 Å². The smallest absolute Gasteiger partial charge is 0.221 e. The third-order valence-corrected chi connectivity index (χ3v) is 3.47. The molecule has 0 amide bonds. The van der Waals surface area contributed by atoms with Gasteiger partial charge in [0.25, 0.3) is 0 Å². The maximum atomic E-state index is 5.63. The molecule has 1 aliphatic rings. The summed E-state index contributed by atoms with van der Waals surface area (Å²) in [6.07, 6.45) is 6.54. The van der Waals surface area contributed by atoms with E-state index in [2.05, 4.69) is 20.2 Å². The van der Waals surface area contributed by atoms with Gasteiger partial charge in [-0.15, -0.1) is 24.8 Å². The number of nitrogens with two attached hydrogens (primary N) is 2. The summed E-state index contributed by atoms with van der Waals surface area (Å²) in [5, 5.41) is 3.36. The Kier molecular flexibility index (Phi) is 10.4. The van der Waals surface area contributed by atoms with Crippen LogP contribution in [0.4, 0.5) is 11.8 Å². The molecule has 0 bridgehead atoms. The fraction of sp³-hybridized carbons (Fsp3) is 0.692. The second-order valence-electron chi connectivity index (χ2n) is 4.97. The number of nitrogens with one attached hydrogen (secondary N) is 1. The Morgan fingerprint density at radius 2 is 1.90 bits per heavy atom. The minimum absolute atomic E-state index is 0. The number of halogens is 2. The number of aromatic nitrogens is 2. The van der Waals surface area contributed by atoms with Gasteiger partial charge in [0.2, 0.25) is 5.95 Å². The molecule has 1 aromatic heterocycles. The quantitative estimate of drug-likeness (QED) is 0.725. The highest BCUT2D eigenvalue weighted by Crippen LogP contribution is 2.13. The Labute approximate surface area is 138 Å². The van der Waals surface area contributed by atoms with E-state index in [1.807, 2.05) is 0 Å². The van der Waals surface area contributed by atoms with Crippen LogP contribution in [0.3, 0.4) is 0 Å². The summed E-state index contributed by atoms with van der Waals surface area (Å²) in [5.74, 6) is 1.14. The van der Waals surface area contributed by atoms with Crippen LogP contribution in [0.15, 0.2) is 6.20 Å². The highest BCUT2D eigenvalue weighted by molar-refractivity contribution is 5.85. The van der Waals surface area contributed by atoms with Gasteiger partial charge in [-0.2, -0.15) is 4.98 Å². The third kappa shape index (κ3) is 6.65. The second kappa shape index (κ2) is 10.8. The van der Waals surface area contributed by atoms with Gasteiger partial charge in [-0.3, -0.25) is 0 Å². The van der Waals surface area contributed by atoms with Gasteiger partial charge in [0.15, 0.2) is 0 Å². The molecule has 1 aliphatic heterocycles. The molecule has 21 heavy (non-hydrogen) atoms. The van der Waals surface area contributed by atoms with Crippen molar-refractivity contribution in [1.29, 1.82) is 0 Å². The lowest BCUT2D eigenvalue weighted by molar-refractivity contribution is 0.237. The number of anilines is 2. The first-order chi connectivity index (χ1) is 9.29. The van der Waals surface area contributed by atoms with Crippen molar-refractivity contribution in [2.75, 3.05) is 43.8 Å². The van der Waals surface area contributed by atoms with Crippen molar-refractivity contribution in [3.8, 4) is 0 Å². The molecule has 0 aliphatic carbocycles. The van der Waals surface area contributed by atoms with Crippen LogP contribution in [0.25, 0.3) is 0 Å². The summed E-state index contributed by atoms with van der Waals surface area (Å²) < 4.78 is 0. The average Bonchev–Trinajstić information content (AvgIpc) is 2.43. The van der Waals surface area contributed by atoms with Crippen LogP contribution in [0.2, 0.25) is 0 Å². The summed E-state index contributed by atoms with van der Waals surface area (Å²) in [6, 6.07) is 0. The van der Waals surface area contributed by atoms with Gasteiger partial charge in [0.05, 0.1) is 0 Å². The summed E-state index contributed by atoms with van der Waals surface area (Å²) in [4.78, 5) is 10.8. The summed E-state index contributed by atoms with van der Waals surface area (Å²) in [7, 11) is 0. The Hall–Kier alpha value is -0.820. The molecule has 0 atom stereocenters. The Balaban J connectivity index is 0.00000200. The summed E-state index contributed by atoms with van der Waals surface area (Å²) in [5.41, 5.74) is 12.3. The van der Waals surface area contributed by atoms with Gasteiger partial charge in [0, 0.05) is 24.8 Å². The van der Waals surface area contributed by atoms with E-state index >= 15 is 0 Å². The lowest BCUT2D eigenvalue weighted by Crippen LogP contribution is -2.34. The highest BCUT2D eigenvalue weighted by Gasteiger charge is 2.10. The van der Waals surface area contributed by atoms with E-state index in [1.54, 1.807) is 6.20 Å². The van der Waals surface area contributed by atoms with Gasteiger partial charge in [-0.05, 0) is 38.9 Å². The molecule has 2 rings (SSSR count). The fourth-order valence-electron chi connectivity index (χ4n) is 2.43. The minimum Gasteiger partial charge on any atom is -0.368 e. The molecule has 122 valence electrons. The van der Waals surface area contributed by atoms with Crippen molar-refractivity contribution in [2.45, 2.75) is 25.7 Å². The van der Waals surface area contributed by atoms with Crippen LogP contribution >= 0.6 is 24.8 Å². The number of rotatable bonds is 6. The zero-order valence-corrected chi connectivity index (χ0v) is 13.9. The second-order valence-corrected chi connectivity index (χ2v) is 4.97. The predicted molar refractivity (Wildman–Crippen MR) is 92.5 cm³/mol. The number of nitrogens with zero attached hydrogens (tertiary/aromatic N) is 3. The van der Waals surface area contributed by atoms with Crippen LogP contribution in [0.1, 0.15) is 24.8 Å². The molecule has 5 N–H and O–H groups in total. The molecule has 6 nitrogen and oxygen atoms in total. The van der Waals surface area contributed by atoms with Crippen molar-refractivity contribution in [3.05, 3.63) is 11.8 Å². The van der Waals surface area contributed by atoms with E-state index < -0.39 is 0 Å².